The molecule has 1 aliphatic heterocycles. The Kier molecular flexibility index (Phi) is 6.04. The molecular formula is C26H31N7O. The zero-order valence-electron chi connectivity index (χ0n) is 20.1. The van der Waals surface area contributed by atoms with Crippen molar-refractivity contribution in [2.45, 2.75) is 65.3 Å². The standard InChI is InChI=1S/C26H31N7O/c1-16(2)34-23-14-8-7-10-19(23)17(3)27-24-20-11-5-6-12-21(20)25(31-30-24)28-22-13-9-15-33-18(4)29-32-26(22)33/h5-8,10-12,14,16-17,22H,9,13,15H2,1-4H3,(H,27,30)(H,28,31)/t17-,22?/m1/s1. The number of benzene rings is 2. The van der Waals surface area contributed by atoms with Crippen molar-refractivity contribution in [3.63, 3.8) is 0 Å². The van der Waals surface area contributed by atoms with Gasteiger partial charge < -0.3 is 19.9 Å². The highest BCUT2D eigenvalue weighted by Crippen LogP contribution is 2.34. The van der Waals surface area contributed by atoms with Crippen LogP contribution in [0.3, 0.4) is 0 Å². The molecule has 8 nitrogen and oxygen atoms in total. The van der Waals surface area contributed by atoms with Gasteiger partial charge in [-0.05, 0) is 46.6 Å². The number of ether oxygens (including phenoxy) is 1. The van der Waals surface area contributed by atoms with Gasteiger partial charge >= 0.3 is 0 Å². The Labute approximate surface area is 199 Å². The molecule has 2 aromatic heterocycles. The highest BCUT2D eigenvalue weighted by Gasteiger charge is 2.25. The highest BCUT2D eigenvalue weighted by atomic mass is 16.5. The molecule has 2 atom stereocenters. The van der Waals surface area contributed by atoms with E-state index in [-0.39, 0.29) is 18.2 Å². The van der Waals surface area contributed by atoms with E-state index in [1.165, 1.54) is 0 Å². The Hall–Kier alpha value is -3.68. The maximum atomic E-state index is 6.03. The first-order valence-corrected chi connectivity index (χ1v) is 11.9. The lowest BCUT2D eigenvalue weighted by Gasteiger charge is -2.25. The SMILES string of the molecule is Cc1nnc2n1CCCC2Nc1nnc(N[C@H](C)c2ccccc2OC(C)C)c2ccccc12. The van der Waals surface area contributed by atoms with Gasteiger partial charge in [0.1, 0.15) is 11.6 Å². The van der Waals surface area contributed by atoms with Crippen molar-refractivity contribution < 1.29 is 4.74 Å². The number of rotatable bonds is 7. The van der Waals surface area contributed by atoms with Gasteiger partial charge in [0.25, 0.3) is 0 Å². The zero-order valence-corrected chi connectivity index (χ0v) is 20.1. The molecule has 4 aromatic rings. The normalized spacial score (nSPS) is 16.3. The van der Waals surface area contributed by atoms with Crippen molar-refractivity contribution in [3.8, 4) is 5.75 Å². The predicted octanol–water partition coefficient (Wildman–Crippen LogP) is 5.44. The van der Waals surface area contributed by atoms with Crippen LogP contribution in [-0.4, -0.2) is 31.1 Å². The Bertz CT molecular complexity index is 1300. The third kappa shape index (κ3) is 4.27. The summed E-state index contributed by atoms with van der Waals surface area (Å²) in [6.45, 7) is 9.15. The molecule has 0 bridgehead atoms. The minimum absolute atomic E-state index is 0.00802. The van der Waals surface area contributed by atoms with Gasteiger partial charge in [-0.25, -0.2) is 0 Å². The average Bonchev–Trinajstić information content (AvgIpc) is 3.22. The molecule has 176 valence electrons. The Morgan fingerprint density at radius 3 is 2.41 bits per heavy atom. The molecule has 1 aliphatic rings. The van der Waals surface area contributed by atoms with E-state index < -0.39 is 0 Å². The molecule has 3 heterocycles. The van der Waals surface area contributed by atoms with Crippen LogP contribution in [0.2, 0.25) is 0 Å². The van der Waals surface area contributed by atoms with Crippen molar-refractivity contribution >= 4 is 22.4 Å². The largest absolute Gasteiger partial charge is 0.491 e. The molecule has 0 saturated carbocycles. The molecule has 0 fully saturated rings. The second-order valence-electron chi connectivity index (χ2n) is 9.11. The van der Waals surface area contributed by atoms with E-state index in [9.17, 15) is 0 Å². The molecule has 0 saturated heterocycles. The van der Waals surface area contributed by atoms with Gasteiger partial charge in [-0.1, -0.05) is 42.5 Å². The van der Waals surface area contributed by atoms with Crippen LogP contribution in [0.25, 0.3) is 10.8 Å². The molecule has 34 heavy (non-hydrogen) atoms. The maximum absolute atomic E-state index is 6.03. The van der Waals surface area contributed by atoms with Gasteiger partial charge in [-0.3, -0.25) is 0 Å². The molecule has 0 spiro atoms. The lowest BCUT2D eigenvalue weighted by molar-refractivity contribution is 0.239. The second kappa shape index (κ2) is 9.29. The number of aryl methyl sites for hydroxylation is 1. The number of fused-ring (bicyclic) bond motifs is 2. The van der Waals surface area contributed by atoms with Crippen LogP contribution in [0.5, 0.6) is 5.75 Å². The van der Waals surface area contributed by atoms with Gasteiger partial charge in [-0.2, -0.15) is 0 Å². The molecule has 2 aromatic carbocycles. The van der Waals surface area contributed by atoms with Crippen molar-refractivity contribution in [3.05, 3.63) is 65.7 Å². The third-order valence-corrected chi connectivity index (χ3v) is 6.25. The summed E-state index contributed by atoms with van der Waals surface area (Å²) in [6, 6.07) is 16.4. The molecule has 1 unspecified atom stereocenters. The van der Waals surface area contributed by atoms with Crippen molar-refractivity contribution in [1.29, 1.82) is 0 Å². The minimum Gasteiger partial charge on any atom is -0.491 e. The number of hydrogen-bond acceptors (Lipinski definition) is 7. The first-order chi connectivity index (χ1) is 16.5. The molecular weight excluding hydrogens is 426 g/mol. The first kappa shape index (κ1) is 22.1. The Morgan fingerprint density at radius 2 is 1.62 bits per heavy atom. The summed E-state index contributed by atoms with van der Waals surface area (Å²) in [7, 11) is 0. The highest BCUT2D eigenvalue weighted by molar-refractivity contribution is 5.98. The monoisotopic (exact) mass is 457 g/mol. The summed E-state index contributed by atoms with van der Waals surface area (Å²) in [4.78, 5) is 0. The fraction of sp³-hybridized carbons (Fsp3) is 0.385. The molecule has 0 radical (unpaired) electrons. The first-order valence-electron chi connectivity index (χ1n) is 11.9. The van der Waals surface area contributed by atoms with Gasteiger partial charge in [0, 0.05) is 22.9 Å². The van der Waals surface area contributed by atoms with Crippen LogP contribution in [0.4, 0.5) is 11.6 Å². The zero-order chi connectivity index (χ0) is 23.7. The molecule has 8 heteroatoms. The van der Waals surface area contributed by atoms with Gasteiger partial charge in [0.2, 0.25) is 0 Å². The lowest BCUT2D eigenvalue weighted by atomic mass is 10.1. The predicted molar refractivity (Wildman–Crippen MR) is 134 cm³/mol. The van der Waals surface area contributed by atoms with Crippen LogP contribution < -0.4 is 15.4 Å². The van der Waals surface area contributed by atoms with Crippen molar-refractivity contribution in [2.24, 2.45) is 0 Å². The summed E-state index contributed by atoms with van der Waals surface area (Å²) in [5.74, 6) is 4.30. The number of hydrogen-bond donors (Lipinski definition) is 2. The van der Waals surface area contributed by atoms with Crippen LogP contribution in [0, 0.1) is 6.92 Å². The van der Waals surface area contributed by atoms with Crippen molar-refractivity contribution in [2.75, 3.05) is 10.6 Å². The van der Waals surface area contributed by atoms with Crippen LogP contribution in [0.1, 0.15) is 62.9 Å². The van der Waals surface area contributed by atoms with Gasteiger partial charge in [0.15, 0.2) is 17.5 Å². The summed E-state index contributed by atoms with van der Waals surface area (Å²) in [6.07, 6.45) is 2.16. The van der Waals surface area contributed by atoms with E-state index in [0.717, 1.165) is 64.8 Å². The van der Waals surface area contributed by atoms with E-state index in [4.69, 9.17) is 4.74 Å². The molecule has 0 aliphatic carbocycles. The smallest absolute Gasteiger partial charge is 0.157 e. The Morgan fingerprint density at radius 1 is 0.912 bits per heavy atom. The van der Waals surface area contributed by atoms with Crippen LogP contribution in [0.15, 0.2) is 48.5 Å². The second-order valence-corrected chi connectivity index (χ2v) is 9.11. The van der Waals surface area contributed by atoms with Crippen LogP contribution >= 0.6 is 0 Å². The van der Waals surface area contributed by atoms with Gasteiger partial charge in [0.05, 0.1) is 18.2 Å². The summed E-state index contributed by atoms with van der Waals surface area (Å²) < 4.78 is 8.21. The number of aromatic nitrogens is 5. The van der Waals surface area contributed by atoms with E-state index in [2.05, 4.69) is 60.7 Å². The summed E-state index contributed by atoms with van der Waals surface area (Å²) in [5, 5.41) is 27.0. The Balaban J connectivity index is 1.44. The number of anilines is 2. The van der Waals surface area contributed by atoms with E-state index in [0.29, 0.717) is 0 Å². The van der Waals surface area contributed by atoms with Crippen LogP contribution in [-0.2, 0) is 6.54 Å². The van der Waals surface area contributed by atoms with E-state index in [1.54, 1.807) is 0 Å². The van der Waals surface area contributed by atoms with E-state index in [1.807, 2.05) is 51.1 Å². The number of para-hydroxylation sites is 1. The third-order valence-electron chi connectivity index (χ3n) is 6.25. The maximum Gasteiger partial charge on any atom is 0.157 e. The quantitative estimate of drug-likeness (QED) is 0.382. The summed E-state index contributed by atoms with van der Waals surface area (Å²) >= 11 is 0. The summed E-state index contributed by atoms with van der Waals surface area (Å²) in [5.41, 5.74) is 1.08. The van der Waals surface area contributed by atoms with Crippen molar-refractivity contribution in [1.82, 2.24) is 25.0 Å². The molecule has 5 rings (SSSR count). The van der Waals surface area contributed by atoms with Gasteiger partial charge in [-0.15, -0.1) is 20.4 Å². The molecule has 2 N–H and O–H groups in total. The topological polar surface area (TPSA) is 89.8 Å². The molecule has 0 amide bonds. The fourth-order valence-corrected chi connectivity index (χ4v) is 4.62. The number of nitrogens with one attached hydrogen (secondary N) is 2. The van der Waals surface area contributed by atoms with E-state index >= 15 is 0 Å². The minimum atomic E-state index is -0.00802. The average molecular weight is 458 g/mol. The lowest BCUT2D eigenvalue weighted by Crippen LogP contribution is -2.23. The number of nitrogens with zero attached hydrogens (tertiary/aromatic N) is 5. The fourth-order valence-electron chi connectivity index (χ4n) is 4.62.